The smallest absolute Gasteiger partial charge is 0.0645 e. The molecule has 0 bridgehead atoms. The summed E-state index contributed by atoms with van der Waals surface area (Å²) in [6.45, 7) is 9.59. The van der Waals surface area contributed by atoms with Crippen molar-refractivity contribution in [3.63, 3.8) is 0 Å². The van der Waals surface area contributed by atoms with E-state index in [1.807, 2.05) is 0 Å². The lowest BCUT2D eigenvalue weighted by Crippen LogP contribution is -2.61. The molecule has 0 spiro atoms. The molecule has 0 radical (unpaired) electrons. The molecule has 0 saturated carbocycles. The number of morpholine rings is 1. The minimum absolute atomic E-state index is 0.102. The highest BCUT2D eigenvalue weighted by Crippen LogP contribution is 2.28. The van der Waals surface area contributed by atoms with Crippen molar-refractivity contribution >= 4 is 0 Å². The van der Waals surface area contributed by atoms with Gasteiger partial charge >= 0.3 is 0 Å². The average Bonchev–Trinajstić information content (AvgIpc) is 2.75. The molecule has 2 saturated heterocycles. The monoisotopic (exact) mass is 228 g/mol. The minimum Gasteiger partial charge on any atom is -0.381 e. The molecule has 4 nitrogen and oxygen atoms in total. The molecule has 16 heavy (non-hydrogen) atoms. The largest absolute Gasteiger partial charge is 0.381 e. The van der Waals surface area contributed by atoms with Crippen LogP contribution < -0.4 is 5.73 Å². The van der Waals surface area contributed by atoms with Crippen LogP contribution in [0.25, 0.3) is 0 Å². The van der Waals surface area contributed by atoms with E-state index in [2.05, 4.69) is 18.7 Å². The molecule has 2 aliphatic rings. The van der Waals surface area contributed by atoms with Gasteiger partial charge in [-0.1, -0.05) is 0 Å². The summed E-state index contributed by atoms with van der Waals surface area (Å²) >= 11 is 0. The zero-order valence-electron chi connectivity index (χ0n) is 10.4. The Morgan fingerprint density at radius 2 is 2.19 bits per heavy atom. The standard InChI is InChI=1S/C12H24N2O2/c1-12(2)9-16-6-4-14(12)11(7-13)10-3-5-15-8-10/h10-11H,3-9,13H2,1-2H3. The van der Waals surface area contributed by atoms with Crippen molar-refractivity contribution in [2.75, 3.05) is 39.5 Å². The fourth-order valence-electron chi connectivity index (χ4n) is 2.92. The van der Waals surface area contributed by atoms with E-state index in [4.69, 9.17) is 15.2 Å². The van der Waals surface area contributed by atoms with Gasteiger partial charge < -0.3 is 15.2 Å². The van der Waals surface area contributed by atoms with E-state index in [0.29, 0.717) is 12.0 Å². The van der Waals surface area contributed by atoms with Gasteiger partial charge in [-0.3, -0.25) is 4.90 Å². The van der Waals surface area contributed by atoms with Gasteiger partial charge in [-0.25, -0.2) is 0 Å². The lowest BCUT2D eigenvalue weighted by atomic mass is 9.91. The summed E-state index contributed by atoms with van der Waals surface area (Å²) in [4.78, 5) is 2.52. The molecule has 2 rings (SSSR count). The van der Waals surface area contributed by atoms with E-state index in [1.54, 1.807) is 0 Å². The molecular weight excluding hydrogens is 204 g/mol. The van der Waals surface area contributed by atoms with Gasteiger partial charge in [0.05, 0.1) is 19.8 Å². The van der Waals surface area contributed by atoms with Crippen LogP contribution in [0.3, 0.4) is 0 Å². The van der Waals surface area contributed by atoms with Crippen LogP contribution in [-0.4, -0.2) is 56.0 Å². The first kappa shape index (κ1) is 12.3. The van der Waals surface area contributed by atoms with Crippen molar-refractivity contribution in [2.45, 2.75) is 31.8 Å². The van der Waals surface area contributed by atoms with Crippen molar-refractivity contribution in [3.05, 3.63) is 0 Å². The lowest BCUT2D eigenvalue weighted by molar-refractivity contribution is -0.0812. The normalized spacial score (nSPS) is 32.8. The molecule has 2 unspecified atom stereocenters. The second-order valence-corrected chi connectivity index (χ2v) is 5.49. The Labute approximate surface area is 98.1 Å². The van der Waals surface area contributed by atoms with E-state index in [-0.39, 0.29) is 5.54 Å². The maximum absolute atomic E-state index is 5.97. The Morgan fingerprint density at radius 1 is 1.38 bits per heavy atom. The topological polar surface area (TPSA) is 47.7 Å². The molecule has 0 aromatic rings. The van der Waals surface area contributed by atoms with E-state index in [9.17, 15) is 0 Å². The Morgan fingerprint density at radius 3 is 2.75 bits per heavy atom. The fraction of sp³-hybridized carbons (Fsp3) is 1.00. The molecule has 2 heterocycles. The van der Waals surface area contributed by atoms with Crippen LogP contribution in [0.5, 0.6) is 0 Å². The highest BCUT2D eigenvalue weighted by atomic mass is 16.5. The number of hydrogen-bond donors (Lipinski definition) is 1. The summed E-state index contributed by atoms with van der Waals surface area (Å²) in [5.41, 5.74) is 6.07. The fourth-order valence-corrected chi connectivity index (χ4v) is 2.92. The summed E-state index contributed by atoms with van der Waals surface area (Å²) in [7, 11) is 0. The summed E-state index contributed by atoms with van der Waals surface area (Å²) in [5, 5.41) is 0. The van der Waals surface area contributed by atoms with Crippen LogP contribution in [0.15, 0.2) is 0 Å². The molecule has 0 aliphatic carbocycles. The van der Waals surface area contributed by atoms with E-state index >= 15 is 0 Å². The van der Waals surface area contributed by atoms with Crippen LogP contribution in [0.2, 0.25) is 0 Å². The van der Waals surface area contributed by atoms with Crippen molar-refractivity contribution in [2.24, 2.45) is 11.7 Å². The summed E-state index contributed by atoms with van der Waals surface area (Å²) in [6, 6.07) is 0.446. The molecule has 2 fully saturated rings. The van der Waals surface area contributed by atoms with Gasteiger partial charge in [0.1, 0.15) is 0 Å². The van der Waals surface area contributed by atoms with Crippen LogP contribution in [-0.2, 0) is 9.47 Å². The second-order valence-electron chi connectivity index (χ2n) is 5.49. The molecule has 2 N–H and O–H groups in total. The van der Waals surface area contributed by atoms with Crippen molar-refractivity contribution in [3.8, 4) is 0 Å². The van der Waals surface area contributed by atoms with Gasteiger partial charge in [0, 0.05) is 37.2 Å². The summed E-state index contributed by atoms with van der Waals surface area (Å²) in [6.07, 6.45) is 1.15. The maximum atomic E-state index is 5.97. The molecular formula is C12H24N2O2. The number of rotatable bonds is 3. The summed E-state index contributed by atoms with van der Waals surface area (Å²) in [5.74, 6) is 0.599. The average molecular weight is 228 g/mol. The Bertz CT molecular complexity index is 227. The Balaban J connectivity index is 2.06. The second kappa shape index (κ2) is 5.00. The van der Waals surface area contributed by atoms with Gasteiger partial charge in [-0.15, -0.1) is 0 Å². The van der Waals surface area contributed by atoms with Crippen molar-refractivity contribution in [1.82, 2.24) is 4.90 Å². The quantitative estimate of drug-likeness (QED) is 0.762. The first-order valence-electron chi connectivity index (χ1n) is 6.27. The molecule has 94 valence electrons. The SMILES string of the molecule is CC1(C)COCCN1C(CN)C1CCOC1. The van der Waals surface area contributed by atoms with Gasteiger partial charge in [0.15, 0.2) is 0 Å². The van der Waals surface area contributed by atoms with Gasteiger partial charge in [0.2, 0.25) is 0 Å². The minimum atomic E-state index is 0.102. The first-order valence-corrected chi connectivity index (χ1v) is 6.27. The van der Waals surface area contributed by atoms with Crippen molar-refractivity contribution in [1.29, 1.82) is 0 Å². The predicted octanol–water partition coefficient (Wildman–Crippen LogP) is 0.461. The van der Waals surface area contributed by atoms with Crippen LogP contribution in [0.4, 0.5) is 0 Å². The zero-order valence-corrected chi connectivity index (χ0v) is 10.4. The molecule has 4 heteroatoms. The Hall–Kier alpha value is -0.160. The highest BCUT2D eigenvalue weighted by Gasteiger charge is 2.39. The van der Waals surface area contributed by atoms with Crippen LogP contribution in [0, 0.1) is 5.92 Å². The van der Waals surface area contributed by atoms with Crippen LogP contribution >= 0.6 is 0 Å². The van der Waals surface area contributed by atoms with Crippen LogP contribution in [0.1, 0.15) is 20.3 Å². The Kier molecular flexibility index (Phi) is 3.85. The molecule has 2 aliphatic heterocycles. The van der Waals surface area contributed by atoms with E-state index < -0.39 is 0 Å². The third-order valence-corrected chi connectivity index (χ3v) is 3.86. The molecule has 2 atom stereocenters. The third kappa shape index (κ3) is 2.40. The first-order chi connectivity index (χ1) is 7.65. The van der Waals surface area contributed by atoms with Crippen molar-refractivity contribution < 1.29 is 9.47 Å². The number of ether oxygens (including phenoxy) is 2. The number of nitrogens with zero attached hydrogens (tertiary/aromatic N) is 1. The van der Waals surface area contributed by atoms with Gasteiger partial charge in [-0.2, -0.15) is 0 Å². The zero-order chi connectivity index (χ0) is 11.6. The van der Waals surface area contributed by atoms with E-state index in [1.165, 1.54) is 0 Å². The molecule has 0 aromatic carbocycles. The molecule has 0 aromatic heterocycles. The predicted molar refractivity (Wildman–Crippen MR) is 63.4 cm³/mol. The van der Waals surface area contributed by atoms with E-state index in [0.717, 1.165) is 45.9 Å². The maximum Gasteiger partial charge on any atom is 0.0645 e. The lowest BCUT2D eigenvalue weighted by Gasteiger charge is -2.48. The summed E-state index contributed by atoms with van der Waals surface area (Å²) < 4.78 is 11.0. The molecule has 0 amide bonds. The third-order valence-electron chi connectivity index (χ3n) is 3.86. The van der Waals surface area contributed by atoms with Gasteiger partial charge in [0.25, 0.3) is 0 Å². The number of hydrogen-bond acceptors (Lipinski definition) is 4. The number of nitrogens with two attached hydrogens (primary N) is 1. The van der Waals surface area contributed by atoms with Gasteiger partial charge in [-0.05, 0) is 20.3 Å². The highest BCUT2D eigenvalue weighted by molar-refractivity contribution is 4.93.